The highest BCUT2D eigenvalue weighted by atomic mass is 35.5. The van der Waals surface area contributed by atoms with Crippen LogP contribution in [0.4, 0.5) is 5.69 Å². The summed E-state index contributed by atoms with van der Waals surface area (Å²) in [6.45, 7) is 13.4. The van der Waals surface area contributed by atoms with Crippen molar-refractivity contribution in [1.82, 2.24) is 0 Å². The Labute approximate surface area is 313 Å². The largest absolute Gasteiger partial charge is 0.481 e. The van der Waals surface area contributed by atoms with Crippen LogP contribution in [0.5, 0.6) is 0 Å². The molecular weight excluding hydrogens is 686 g/mol. The first-order valence-corrected chi connectivity index (χ1v) is 20.2. The van der Waals surface area contributed by atoms with Crippen LogP contribution in [0.1, 0.15) is 71.6 Å². The predicted octanol–water partition coefficient (Wildman–Crippen LogP) is 9.17. The molecule has 1 amide bonds. The number of carbonyl (C=O) groups excluding carboxylic acids is 1. The maximum absolute atomic E-state index is 15.1. The first kappa shape index (κ1) is 37.5. The van der Waals surface area contributed by atoms with Crippen molar-refractivity contribution in [1.29, 1.82) is 0 Å². The van der Waals surface area contributed by atoms with Gasteiger partial charge in [0.2, 0.25) is 0 Å². The van der Waals surface area contributed by atoms with Gasteiger partial charge in [-0.2, -0.15) is 0 Å². The Kier molecular flexibility index (Phi) is 10.5. The standard InChI is InChI=1S/C44H48ClNO5Si/c1-7-44(28-39(47)48)41(49)46(38-26-25-32(45)27-37(38)40(51-44)36-24-16-18-31-17-14-15-23-35(31)36)29-43(5,6)30-50-52(42(2,3)4,33-19-10-8-11-20-33)34-21-12-9-13-22-34/h8-27,40H,7,28-30H2,1-6H3,(H,47,48). The van der Waals surface area contributed by atoms with Crippen molar-refractivity contribution in [2.45, 2.75) is 71.1 Å². The third-order valence-corrected chi connectivity index (χ3v) is 15.6. The van der Waals surface area contributed by atoms with Gasteiger partial charge < -0.3 is 19.2 Å². The van der Waals surface area contributed by atoms with Crippen molar-refractivity contribution < 1.29 is 23.9 Å². The highest BCUT2D eigenvalue weighted by molar-refractivity contribution is 6.99. The predicted molar refractivity (Wildman–Crippen MR) is 213 cm³/mol. The first-order valence-electron chi connectivity index (χ1n) is 17.9. The van der Waals surface area contributed by atoms with Gasteiger partial charge in [0.15, 0.2) is 5.60 Å². The number of rotatable bonds is 11. The molecule has 1 heterocycles. The van der Waals surface area contributed by atoms with Gasteiger partial charge in [-0.3, -0.25) is 9.59 Å². The third-order valence-electron chi connectivity index (χ3n) is 10.3. The number of ether oxygens (including phenoxy) is 1. The van der Waals surface area contributed by atoms with Crippen LogP contribution < -0.4 is 15.3 Å². The van der Waals surface area contributed by atoms with Gasteiger partial charge in [0.25, 0.3) is 14.2 Å². The van der Waals surface area contributed by atoms with Crippen molar-refractivity contribution >= 4 is 58.6 Å². The van der Waals surface area contributed by atoms with Gasteiger partial charge in [0.1, 0.15) is 6.10 Å². The van der Waals surface area contributed by atoms with Crippen LogP contribution in [0.3, 0.4) is 0 Å². The molecule has 1 aliphatic rings. The Bertz CT molecular complexity index is 2020. The van der Waals surface area contributed by atoms with E-state index in [0.717, 1.165) is 16.3 Å². The van der Waals surface area contributed by atoms with E-state index in [-0.39, 0.29) is 23.9 Å². The zero-order valence-corrected chi connectivity index (χ0v) is 32.6. The van der Waals surface area contributed by atoms with E-state index in [1.165, 1.54) is 10.4 Å². The molecule has 0 saturated carbocycles. The fraction of sp³-hybridized carbons (Fsp3) is 0.318. The lowest BCUT2D eigenvalue weighted by Gasteiger charge is -2.45. The molecule has 5 aromatic rings. The number of hydrogen-bond acceptors (Lipinski definition) is 4. The zero-order chi connectivity index (χ0) is 37.3. The molecule has 0 bridgehead atoms. The monoisotopic (exact) mass is 733 g/mol. The number of benzene rings is 5. The van der Waals surface area contributed by atoms with Crippen molar-refractivity contribution in [3.63, 3.8) is 0 Å². The highest BCUT2D eigenvalue weighted by Gasteiger charge is 2.52. The van der Waals surface area contributed by atoms with Crippen molar-refractivity contribution in [2.75, 3.05) is 18.1 Å². The smallest absolute Gasteiger partial charge is 0.306 e. The van der Waals surface area contributed by atoms with E-state index in [1.54, 1.807) is 11.0 Å². The van der Waals surface area contributed by atoms with E-state index in [9.17, 15) is 9.90 Å². The van der Waals surface area contributed by atoms with E-state index in [4.69, 9.17) is 20.8 Å². The SMILES string of the molecule is CCC1(CC(=O)O)OC(c2cccc3ccccc23)c2cc(Cl)ccc2N(CC(C)(C)CO[Si](c2ccccc2)(c2ccccc2)C(C)(C)C)C1=O. The average Bonchev–Trinajstić information content (AvgIpc) is 3.20. The van der Waals surface area contributed by atoms with Gasteiger partial charge in [-0.25, -0.2) is 0 Å². The molecule has 1 aliphatic heterocycles. The summed E-state index contributed by atoms with van der Waals surface area (Å²) in [6, 6.07) is 40.5. The molecule has 6 rings (SSSR count). The minimum absolute atomic E-state index is 0.163. The minimum Gasteiger partial charge on any atom is -0.481 e. The Morgan fingerprint density at radius 2 is 1.44 bits per heavy atom. The lowest BCUT2D eigenvalue weighted by molar-refractivity contribution is -0.162. The van der Waals surface area contributed by atoms with Gasteiger partial charge >= 0.3 is 5.97 Å². The van der Waals surface area contributed by atoms with Crippen LogP contribution in [0, 0.1) is 5.41 Å². The number of carboxylic acids is 1. The van der Waals surface area contributed by atoms with Crippen molar-refractivity contribution in [3.05, 3.63) is 137 Å². The quantitative estimate of drug-likeness (QED) is 0.137. The van der Waals surface area contributed by atoms with Gasteiger partial charge in [-0.15, -0.1) is 0 Å². The fourth-order valence-electron chi connectivity index (χ4n) is 7.80. The van der Waals surface area contributed by atoms with Crippen LogP contribution in [0.15, 0.2) is 121 Å². The second kappa shape index (κ2) is 14.6. The molecule has 2 atom stereocenters. The van der Waals surface area contributed by atoms with Crippen LogP contribution >= 0.6 is 11.6 Å². The minimum atomic E-state index is -2.89. The number of fused-ring (bicyclic) bond motifs is 2. The number of halogens is 1. The topological polar surface area (TPSA) is 76.1 Å². The molecular formula is C44H48ClNO5Si. The number of carboxylic acid groups (broad SMARTS) is 1. The molecule has 8 heteroatoms. The highest BCUT2D eigenvalue weighted by Crippen LogP contribution is 2.47. The number of carbonyl (C=O) groups is 2. The molecule has 270 valence electrons. The number of aliphatic carboxylic acids is 1. The van der Waals surface area contributed by atoms with E-state index in [1.807, 2.05) is 73.7 Å². The first-order chi connectivity index (χ1) is 24.7. The molecule has 0 saturated heterocycles. The van der Waals surface area contributed by atoms with Gasteiger partial charge in [-0.05, 0) is 56.4 Å². The van der Waals surface area contributed by atoms with Crippen LogP contribution in [0.25, 0.3) is 10.8 Å². The van der Waals surface area contributed by atoms with Gasteiger partial charge in [-0.1, -0.05) is 156 Å². The van der Waals surface area contributed by atoms with Gasteiger partial charge in [0, 0.05) is 34.8 Å². The summed E-state index contributed by atoms with van der Waals surface area (Å²) in [5, 5.41) is 14.8. The van der Waals surface area contributed by atoms with Gasteiger partial charge in [0.05, 0.1) is 6.42 Å². The maximum atomic E-state index is 15.1. The van der Waals surface area contributed by atoms with E-state index < -0.39 is 37.8 Å². The summed E-state index contributed by atoms with van der Waals surface area (Å²) in [6.07, 6.45) is -1.08. The van der Waals surface area contributed by atoms with Crippen LogP contribution in [-0.4, -0.2) is 44.1 Å². The second-order valence-corrected chi connectivity index (χ2v) is 20.4. The summed E-state index contributed by atoms with van der Waals surface area (Å²) in [5.41, 5.74) is -0.0305. The average molecular weight is 734 g/mol. The van der Waals surface area contributed by atoms with E-state index in [2.05, 4.69) is 83.1 Å². The molecule has 1 N–H and O–H groups in total. The number of amides is 1. The molecule has 6 nitrogen and oxygen atoms in total. The number of anilines is 1. The summed E-state index contributed by atoms with van der Waals surface area (Å²) >= 11 is 6.70. The lowest BCUT2D eigenvalue weighted by Crippen LogP contribution is -2.67. The molecule has 0 fully saturated rings. The van der Waals surface area contributed by atoms with E-state index >= 15 is 4.79 Å². The Morgan fingerprint density at radius 1 is 0.846 bits per heavy atom. The molecule has 0 aromatic heterocycles. The molecule has 0 radical (unpaired) electrons. The van der Waals surface area contributed by atoms with Crippen LogP contribution in [-0.2, 0) is 18.8 Å². The van der Waals surface area contributed by atoms with E-state index in [0.29, 0.717) is 22.9 Å². The zero-order valence-electron chi connectivity index (χ0n) is 30.9. The van der Waals surface area contributed by atoms with Crippen molar-refractivity contribution in [3.8, 4) is 0 Å². The number of hydrogen-bond donors (Lipinski definition) is 1. The lowest BCUT2D eigenvalue weighted by atomic mass is 9.90. The third kappa shape index (κ3) is 7.07. The summed E-state index contributed by atoms with van der Waals surface area (Å²) in [5.74, 6) is -1.49. The molecule has 52 heavy (non-hydrogen) atoms. The Hall–Kier alpha value is -4.27. The summed E-state index contributed by atoms with van der Waals surface area (Å²) in [4.78, 5) is 29.4. The summed E-state index contributed by atoms with van der Waals surface area (Å²) in [7, 11) is -2.89. The summed E-state index contributed by atoms with van der Waals surface area (Å²) < 4.78 is 14.3. The molecule has 2 unspecified atom stereocenters. The Balaban J connectivity index is 1.47. The van der Waals surface area contributed by atoms with Crippen molar-refractivity contribution in [2.24, 2.45) is 5.41 Å². The maximum Gasteiger partial charge on any atom is 0.306 e. The molecule has 5 aromatic carbocycles. The fourth-order valence-corrected chi connectivity index (χ4v) is 12.7. The normalized spacial score (nSPS) is 18.2. The second-order valence-electron chi connectivity index (χ2n) is 15.7. The molecule has 0 spiro atoms. The van der Waals surface area contributed by atoms with Crippen LogP contribution in [0.2, 0.25) is 10.1 Å². The number of nitrogens with zero attached hydrogens (tertiary/aromatic N) is 1. The molecule has 0 aliphatic carbocycles. The Morgan fingerprint density at radius 3 is 2.04 bits per heavy atom.